The van der Waals surface area contributed by atoms with Gasteiger partial charge in [-0.1, -0.05) is 24.3 Å². The van der Waals surface area contributed by atoms with Crippen LogP contribution < -0.4 is 5.73 Å². The van der Waals surface area contributed by atoms with Gasteiger partial charge in [0.05, 0.1) is 5.54 Å². The maximum absolute atomic E-state index is 6.37. The Morgan fingerprint density at radius 1 is 1.14 bits per heavy atom. The average molecular weight is 285 g/mol. The van der Waals surface area contributed by atoms with Gasteiger partial charge >= 0.3 is 0 Å². The molecule has 2 heterocycles. The molecule has 2 fully saturated rings. The highest BCUT2D eigenvalue weighted by molar-refractivity contribution is 5.37. The minimum Gasteiger partial charge on any atom is -0.328 e. The maximum atomic E-state index is 6.37. The Morgan fingerprint density at radius 3 is 2.95 bits per heavy atom. The predicted octanol–water partition coefficient (Wildman–Crippen LogP) is 1.96. The molecule has 0 bridgehead atoms. The van der Waals surface area contributed by atoms with Gasteiger partial charge in [0.25, 0.3) is 0 Å². The lowest BCUT2D eigenvalue weighted by atomic mass is 9.74. The van der Waals surface area contributed by atoms with Gasteiger partial charge in [0, 0.05) is 32.2 Å². The Kier molecular flexibility index (Phi) is 3.52. The van der Waals surface area contributed by atoms with Crippen molar-refractivity contribution in [2.24, 2.45) is 5.73 Å². The molecule has 3 aliphatic rings. The van der Waals surface area contributed by atoms with Crippen molar-refractivity contribution in [2.45, 2.75) is 43.7 Å². The Hall–Kier alpha value is -0.900. The van der Waals surface area contributed by atoms with E-state index in [0.717, 1.165) is 12.6 Å². The van der Waals surface area contributed by atoms with E-state index < -0.39 is 0 Å². The van der Waals surface area contributed by atoms with Crippen LogP contribution in [-0.2, 0) is 12.0 Å². The monoisotopic (exact) mass is 285 g/mol. The molecule has 2 unspecified atom stereocenters. The van der Waals surface area contributed by atoms with E-state index in [0.29, 0.717) is 0 Å². The summed E-state index contributed by atoms with van der Waals surface area (Å²) in [5.74, 6) is 0. The van der Waals surface area contributed by atoms with Crippen molar-refractivity contribution >= 4 is 0 Å². The summed E-state index contributed by atoms with van der Waals surface area (Å²) in [5, 5.41) is 0. The van der Waals surface area contributed by atoms with E-state index in [2.05, 4.69) is 34.1 Å². The van der Waals surface area contributed by atoms with Crippen LogP contribution >= 0.6 is 0 Å². The van der Waals surface area contributed by atoms with Crippen LogP contribution in [0.2, 0.25) is 0 Å². The summed E-state index contributed by atoms with van der Waals surface area (Å²) in [7, 11) is 0. The fourth-order valence-corrected chi connectivity index (χ4v) is 4.95. The maximum Gasteiger partial charge on any atom is 0.0587 e. The Morgan fingerprint density at radius 2 is 2.05 bits per heavy atom. The summed E-state index contributed by atoms with van der Waals surface area (Å²) in [6, 6.07) is 9.80. The Balaban J connectivity index is 1.68. The van der Waals surface area contributed by atoms with Crippen LogP contribution in [0, 0.1) is 0 Å². The number of nitrogens with zero attached hydrogens (tertiary/aromatic N) is 2. The largest absolute Gasteiger partial charge is 0.328 e. The van der Waals surface area contributed by atoms with Gasteiger partial charge in [0.1, 0.15) is 0 Å². The zero-order chi connectivity index (χ0) is 14.3. The summed E-state index contributed by atoms with van der Waals surface area (Å²) >= 11 is 0. The molecule has 2 atom stereocenters. The molecule has 1 aromatic carbocycles. The van der Waals surface area contributed by atoms with Crippen LogP contribution in [-0.4, -0.2) is 48.6 Å². The highest BCUT2D eigenvalue weighted by Crippen LogP contribution is 2.41. The number of hydrogen-bond acceptors (Lipinski definition) is 3. The molecular weight excluding hydrogens is 258 g/mol. The van der Waals surface area contributed by atoms with Gasteiger partial charge in [-0.2, -0.15) is 0 Å². The molecule has 114 valence electrons. The zero-order valence-corrected chi connectivity index (χ0v) is 12.9. The summed E-state index contributed by atoms with van der Waals surface area (Å²) in [6.07, 6.45) is 6.48. The summed E-state index contributed by atoms with van der Waals surface area (Å²) in [5.41, 5.74) is 9.52. The lowest BCUT2D eigenvalue weighted by Gasteiger charge is -2.51. The lowest BCUT2D eigenvalue weighted by Crippen LogP contribution is -2.61. The molecule has 1 aromatic rings. The smallest absolute Gasteiger partial charge is 0.0587 e. The van der Waals surface area contributed by atoms with Crippen molar-refractivity contribution in [1.82, 2.24) is 9.80 Å². The molecule has 21 heavy (non-hydrogen) atoms. The van der Waals surface area contributed by atoms with E-state index in [9.17, 15) is 0 Å². The minimum absolute atomic E-state index is 0.101. The van der Waals surface area contributed by atoms with Crippen LogP contribution in [0.15, 0.2) is 24.3 Å². The second-order valence-electron chi connectivity index (χ2n) is 7.02. The highest BCUT2D eigenvalue weighted by atomic mass is 15.3. The number of piperazine rings is 1. The van der Waals surface area contributed by atoms with E-state index in [-0.39, 0.29) is 5.54 Å². The lowest BCUT2D eigenvalue weighted by molar-refractivity contribution is 0.00572. The van der Waals surface area contributed by atoms with Crippen molar-refractivity contribution in [3.8, 4) is 0 Å². The molecule has 2 saturated heterocycles. The van der Waals surface area contributed by atoms with E-state index in [1.165, 1.54) is 69.4 Å². The summed E-state index contributed by atoms with van der Waals surface area (Å²) in [4.78, 5) is 5.42. The average Bonchev–Trinajstić information content (AvgIpc) is 3.02. The van der Waals surface area contributed by atoms with Gasteiger partial charge in [-0.3, -0.25) is 9.80 Å². The predicted molar refractivity (Wildman–Crippen MR) is 86.3 cm³/mol. The molecule has 2 N–H and O–H groups in total. The molecule has 0 spiro atoms. The summed E-state index contributed by atoms with van der Waals surface area (Å²) in [6.45, 7) is 5.70. The number of rotatable bonds is 2. The molecule has 1 aliphatic carbocycles. The summed E-state index contributed by atoms with van der Waals surface area (Å²) < 4.78 is 0. The van der Waals surface area contributed by atoms with Crippen molar-refractivity contribution in [3.63, 3.8) is 0 Å². The molecule has 4 rings (SSSR count). The molecule has 3 nitrogen and oxygen atoms in total. The first-order valence-electron chi connectivity index (χ1n) is 8.61. The van der Waals surface area contributed by atoms with E-state index in [1.54, 1.807) is 0 Å². The molecule has 0 aromatic heterocycles. The molecule has 2 aliphatic heterocycles. The third kappa shape index (κ3) is 2.14. The second-order valence-corrected chi connectivity index (χ2v) is 7.02. The van der Waals surface area contributed by atoms with Gasteiger partial charge in [-0.05, 0) is 49.8 Å². The highest BCUT2D eigenvalue weighted by Gasteiger charge is 2.44. The normalized spacial score (nSPS) is 33.7. The molecular formula is C18H27N3. The van der Waals surface area contributed by atoms with Crippen LogP contribution in [0.25, 0.3) is 0 Å². The van der Waals surface area contributed by atoms with Crippen molar-refractivity contribution in [1.29, 1.82) is 0 Å². The Bertz CT molecular complexity index is 515. The van der Waals surface area contributed by atoms with Crippen molar-refractivity contribution < 1.29 is 0 Å². The topological polar surface area (TPSA) is 32.5 Å². The minimum atomic E-state index is 0.101. The first-order chi connectivity index (χ1) is 10.3. The van der Waals surface area contributed by atoms with Gasteiger partial charge in [0.15, 0.2) is 0 Å². The first kappa shape index (κ1) is 13.7. The van der Waals surface area contributed by atoms with Gasteiger partial charge in [-0.25, -0.2) is 0 Å². The third-order valence-corrected chi connectivity index (χ3v) is 6.09. The molecule has 0 radical (unpaired) electrons. The van der Waals surface area contributed by atoms with Crippen LogP contribution in [0.5, 0.6) is 0 Å². The van der Waals surface area contributed by atoms with Crippen LogP contribution in [0.4, 0.5) is 0 Å². The van der Waals surface area contributed by atoms with Crippen molar-refractivity contribution in [3.05, 3.63) is 35.4 Å². The van der Waals surface area contributed by atoms with Crippen LogP contribution in [0.3, 0.4) is 0 Å². The quantitative estimate of drug-likeness (QED) is 0.901. The number of fused-ring (bicyclic) bond motifs is 2. The molecule has 0 amide bonds. The SMILES string of the molecule is NCC1(N2CCN3CCCC3C2)CCCc2ccccc21. The Labute approximate surface area is 128 Å². The van der Waals surface area contributed by atoms with E-state index >= 15 is 0 Å². The molecule has 3 heteroatoms. The van der Waals surface area contributed by atoms with Gasteiger partial charge in [-0.15, -0.1) is 0 Å². The fraction of sp³-hybridized carbons (Fsp3) is 0.667. The fourth-order valence-electron chi connectivity index (χ4n) is 4.95. The number of nitrogens with two attached hydrogens (primary N) is 1. The second kappa shape index (κ2) is 5.38. The van der Waals surface area contributed by atoms with Crippen LogP contribution in [0.1, 0.15) is 36.8 Å². The van der Waals surface area contributed by atoms with Crippen molar-refractivity contribution in [2.75, 3.05) is 32.7 Å². The van der Waals surface area contributed by atoms with Gasteiger partial charge < -0.3 is 5.73 Å². The first-order valence-corrected chi connectivity index (χ1v) is 8.61. The van der Waals surface area contributed by atoms with Gasteiger partial charge in [0.2, 0.25) is 0 Å². The standard InChI is InChI=1S/C18H27N3/c19-14-18(9-3-6-15-5-1-2-8-17(15)18)21-12-11-20-10-4-7-16(20)13-21/h1-2,5,8,16H,3-4,6-7,9-14,19H2. The third-order valence-electron chi connectivity index (χ3n) is 6.09. The van der Waals surface area contributed by atoms with E-state index in [1.807, 2.05) is 0 Å². The number of benzene rings is 1. The number of aryl methyl sites for hydroxylation is 1. The van der Waals surface area contributed by atoms with E-state index in [4.69, 9.17) is 5.73 Å². The molecule has 0 saturated carbocycles. The zero-order valence-electron chi connectivity index (χ0n) is 12.9. The number of hydrogen-bond donors (Lipinski definition) is 1.